The van der Waals surface area contributed by atoms with Gasteiger partial charge in [0.25, 0.3) is 0 Å². The normalized spacial score (nSPS) is 11.6. The Morgan fingerprint density at radius 1 is 0.425 bits per heavy atom. The second kappa shape index (κ2) is 26.1. The monoisotopic (exact) mass is 952 g/mol. The second-order valence-electron chi connectivity index (χ2n) is 19.0. The number of hydrogen-bond donors (Lipinski definition) is 0. The van der Waals surface area contributed by atoms with Crippen molar-refractivity contribution in [1.82, 2.24) is 0 Å². The van der Waals surface area contributed by atoms with Crippen molar-refractivity contribution in [2.75, 3.05) is 18.6 Å². The van der Waals surface area contributed by atoms with Crippen LogP contribution in [-0.2, 0) is 0 Å². The summed E-state index contributed by atoms with van der Waals surface area (Å²) in [4.78, 5) is 2.26. The lowest BCUT2D eigenvalue weighted by atomic mass is 9.97. The van der Waals surface area contributed by atoms with Crippen molar-refractivity contribution < 1.29 is 9.47 Å². The van der Waals surface area contributed by atoms with Gasteiger partial charge in [0, 0.05) is 50.4 Å². The first-order chi connectivity index (χ1) is 35.7. The van der Waals surface area contributed by atoms with Crippen molar-refractivity contribution in [2.45, 2.75) is 53.4 Å². The third kappa shape index (κ3) is 15.5. The Labute approximate surface area is 435 Å². The lowest BCUT2D eigenvalue weighted by molar-refractivity contribution is 0.275. The van der Waals surface area contributed by atoms with Crippen LogP contribution in [0, 0.1) is 42.4 Å². The van der Waals surface area contributed by atoms with Crippen molar-refractivity contribution >= 4 is 53.5 Å². The molecular formula is C70H65NO2. The summed E-state index contributed by atoms with van der Waals surface area (Å²) in [6.07, 6.45) is 17.5. The van der Waals surface area contributed by atoms with Crippen LogP contribution in [0.15, 0.2) is 194 Å². The average molecular weight is 952 g/mol. The van der Waals surface area contributed by atoms with Crippen LogP contribution in [0.4, 0.5) is 17.1 Å². The number of methoxy groups -OCH3 is 1. The van der Waals surface area contributed by atoms with Gasteiger partial charge in [0.15, 0.2) is 0 Å². The molecule has 0 spiro atoms. The fourth-order valence-corrected chi connectivity index (χ4v) is 8.41. The van der Waals surface area contributed by atoms with E-state index in [-0.39, 0.29) is 0 Å². The Balaban J connectivity index is 0.930. The van der Waals surface area contributed by atoms with Crippen LogP contribution < -0.4 is 14.4 Å². The highest BCUT2D eigenvalue weighted by Crippen LogP contribution is 2.36. The molecule has 0 amide bonds. The molecule has 0 saturated carbocycles. The summed E-state index contributed by atoms with van der Waals surface area (Å²) < 4.78 is 12.5. The first-order valence-corrected chi connectivity index (χ1v) is 25.5. The molecule has 8 aromatic rings. The molecule has 0 heterocycles. The topological polar surface area (TPSA) is 21.7 Å². The van der Waals surface area contributed by atoms with E-state index in [1.165, 1.54) is 30.4 Å². The summed E-state index contributed by atoms with van der Waals surface area (Å²) in [6, 6.07) is 67.1. The smallest absolute Gasteiger partial charge is 0.127 e. The molecule has 362 valence electrons. The molecule has 73 heavy (non-hydrogen) atoms. The van der Waals surface area contributed by atoms with Gasteiger partial charge in [-0.25, -0.2) is 0 Å². The van der Waals surface area contributed by atoms with Gasteiger partial charge in [-0.15, -0.1) is 0 Å². The highest BCUT2D eigenvalue weighted by molar-refractivity contribution is 5.80. The highest BCUT2D eigenvalue weighted by atomic mass is 16.5. The van der Waals surface area contributed by atoms with E-state index in [0.717, 1.165) is 91.0 Å². The third-order valence-electron chi connectivity index (χ3n) is 12.8. The van der Waals surface area contributed by atoms with Gasteiger partial charge in [-0.1, -0.05) is 203 Å². The minimum absolute atomic E-state index is 0.612. The fraction of sp³-hybridized carbons (Fsp3) is 0.171. The molecule has 8 rings (SSSR count). The zero-order chi connectivity index (χ0) is 50.6. The fourth-order valence-electron chi connectivity index (χ4n) is 8.41. The molecule has 0 N–H and O–H groups in total. The number of aryl methyl sites for hydroxylation is 1. The number of ether oxygens (including phenoxy) is 2. The maximum atomic E-state index is 6.53. The lowest BCUT2D eigenvalue weighted by Gasteiger charge is -2.25. The minimum atomic E-state index is 0.612. The summed E-state index contributed by atoms with van der Waals surface area (Å²) in [7, 11) is 1.72. The number of nitrogens with zero attached hydrogens (tertiary/aromatic N) is 1. The predicted molar refractivity (Wildman–Crippen MR) is 311 cm³/mol. The molecule has 0 aromatic heterocycles. The van der Waals surface area contributed by atoms with Gasteiger partial charge in [0.05, 0.1) is 13.7 Å². The Bertz CT molecular complexity index is 3210. The van der Waals surface area contributed by atoms with Gasteiger partial charge in [-0.2, -0.15) is 0 Å². The molecule has 0 fully saturated rings. The van der Waals surface area contributed by atoms with E-state index in [1.807, 2.05) is 24.3 Å². The first kappa shape index (κ1) is 50.9. The van der Waals surface area contributed by atoms with Gasteiger partial charge in [0.1, 0.15) is 11.5 Å². The summed E-state index contributed by atoms with van der Waals surface area (Å²) in [5.41, 5.74) is 14.7. The van der Waals surface area contributed by atoms with E-state index in [0.29, 0.717) is 12.5 Å². The minimum Gasteiger partial charge on any atom is -0.496 e. The lowest BCUT2D eigenvalue weighted by Crippen LogP contribution is -2.09. The SMILES string of the molecule is COc1cc(C=Cc2ccccc2)c(OCCC(C)CCCC(C)C)cc1C=Cc1ccc(C#Cc2ccc(N(c3ccc(C)cc3)c3ccc(C#Cc4ccc(C=Cc5ccccc5)cc4)cc3)cc2)cc1. The van der Waals surface area contributed by atoms with Crippen molar-refractivity contribution in [1.29, 1.82) is 0 Å². The molecule has 0 bridgehead atoms. The second-order valence-corrected chi connectivity index (χ2v) is 19.0. The highest BCUT2D eigenvalue weighted by Gasteiger charge is 2.14. The summed E-state index contributed by atoms with van der Waals surface area (Å²) in [6.45, 7) is 9.71. The Morgan fingerprint density at radius 3 is 1.25 bits per heavy atom. The van der Waals surface area contributed by atoms with Crippen molar-refractivity contribution in [3.8, 4) is 35.2 Å². The maximum absolute atomic E-state index is 6.53. The number of rotatable bonds is 18. The van der Waals surface area contributed by atoms with E-state index in [2.05, 4.69) is 263 Å². The molecule has 0 aliphatic heterocycles. The van der Waals surface area contributed by atoms with Crippen molar-refractivity contribution in [2.24, 2.45) is 11.8 Å². The van der Waals surface area contributed by atoms with Crippen molar-refractivity contribution in [3.63, 3.8) is 0 Å². The summed E-state index contributed by atoms with van der Waals surface area (Å²) in [5.74, 6) is 16.5. The third-order valence-corrected chi connectivity index (χ3v) is 12.8. The van der Waals surface area contributed by atoms with Crippen LogP contribution >= 0.6 is 0 Å². The average Bonchev–Trinajstić information content (AvgIpc) is 3.42. The molecule has 1 unspecified atom stereocenters. The Morgan fingerprint density at radius 2 is 0.808 bits per heavy atom. The number of hydrogen-bond acceptors (Lipinski definition) is 3. The largest absolute Gasteiger partial charge is 0.496 e. The van der Waals surface area contributed by atoms with Gasteiger partial charge >= 0.3 is 0 Å². The molecule has 0 saturated heterocycles. The molecule has 0 aliphatic rings. The van der Waals surface area contributed by atoms with Crippen LogP contribution in [-0.4, -0.2) is 13.7 Å². The van der Waals surface area contributed by atoms with Crippen molar-refractivity contribution in [3.05, 3.63) is 255 Å². The van der Waals surface area contributed by atoms with Crippen LogP contribution in [0.5, 0.6) is 11.5 Å². The zero-order valence-electron chi connectivity index (χ0n) is 42.9. The molecule has 1 atom stereocenters. The molecule has 3 heteroatoms. The predicted octanol–water partition coefficient (Wildman–Crippen LogP) is 18.0. The molecule has 0 radical (unpaired) electrons. The molecule has 3 nitrogen and oxygen atoms in total. The van der Waals surface area contributed by atoms with Crippen LogP contribution in [0.3, 0.4) is 0 Å². The van der Waals surface area contributed by atoms with E-state index < -0.39 is 0 Å². The Kier molecular flexibility index (Phi) is 18.2. The van der Waals surface area contributed by atoms with Gasteiger partial charge in [0.2, 0.25) is 0 Å². The van der Waals surface area contributed by atoms with Crippen LogP contribution in [0.2, 0.25) is 0 Å². The van der Waals surface area contributed by atoms with Crippen LogP contribution in [0.25, 0.3) is 36.5 Å². The van der Waals surface area contributed by atoms with E-state index in [4.69, 9.17) is 9.47 Å². The Hall–Kier alpha value is -8.50. The van der Waals surface area contributed by atoms with Gasteiger partial charge in [-0.3, -0.25) is 0 Å². The van der Waals surface area contributed by atoms with E-state index >= 15 is 0 Å². The number of benzene rings is 8. The van der Waals surface area contributed by atoms with Crippen LogP contribution in [0.1, 0.15) is 108 Å². The van der Waals surface area contributed by atoms with Gasteiger partial charge in [-0.05, 0) is 144 Å². The zero-order valence-corrected chi connectivity index (χ0v) is 42.9. The molecule has 8 aromatic carbocycles. The molecule has 0 aliphatic carbocycles. The summed E-state index contributed by atoms with van der Waals surface area (Å²) in [5, 5.41) is 0. The van der Waals surface area contributed by atoms with E-state index in [1.54, 1.807) is 7.11 Å². The van der Waals surface area contributed by atoms with E-state index in [9.17, 15) is 0 Å². The maximum Gasteiger partial charge on any atom is 0.127 e. The quantitative estimate of drug-likeness (QED) is 0.0632. The standard InChI is InChI=1S/C70H65NO2/c1-53(2)13-12-14-54(3)49-50-73-70-52-64(69(72-5)51-65(70)42-35-57-17-10-7-11-18-57)41-36-61-31-27-60(28-32-61)30-34-63-39-47-68(48-40-63)71(66-43-19-55(4)20-44-66)67-45-37-62(38-46-67)33-29-59-25-23-58(24-26-59)22-21-56-15-8-6-9-16-56/h6-11,15-28,31-32,35-48,51-54H,12-14,49-50H2,1-5H3. The summed E-state index contributed by atoms with van der Waals surface area (Å²) >= 11 is 0. The molecular weight excluding hydrogens is 887 g/mol. The first-order valence-electron chi connectivity index (χ1n) is 25.5. The van der Waals surface area contributed by atoms with Gasteiger partial charge < -0.3 is 14.4 Å². The number of anilines is 3.